The van der Waals surface area contributed by atoms with E-state index in [1.165, 1.54) is 6.20 Å². The van der Waals surface area contributed by atoms with E-state index in [0.717, 1.165) is 41.1 Å². The summed E-state index contributed by atoms with van der Waals surface area (Å²) in [6, 6.07) is 7.83. The van der Waals surface area contributed by atoms with Crippen LogP contribution in [0.15, 0.2) is 55.0 Å². The molecule has 154 valence electrons. The molecule has 0 bridgehead atoms. The van der Waals surface area contributed by atoms with Gasteiger partial charge in [-0.25, -0.2) is 9.97 Å². The van der Waals surface area contributed by atoms with Crippen LogP contribution in [-0.2, 0) is 12.4 Å². The van der Waals surface area contributed by atoms with E-state index in [1.54, 1.807) is 19.1 Å². The summed E-state index contributed by atoms with van der Waals surface area (Å²) in [6.45, 7) is 1.73. The van der Waals surface area contributed by atoms with Gasteiger partial charge in [0.1, 0.15) is 17.7 Å². The van der Waals surface area contributed by atoms with E-state index in [9.17, 15) is 26.3 Å². The first kappa shape index (κ1) is 19.9. The standard InChI is InChI=1S/C20H12F6N4/c1-11-8-13(6-7-27-11)17-18-29-15(9-16(20(24,25)26)30(18)10-28-17)12-2-4-14(5-3-12)19(21,22)23/h2-10H,1H3. The van der Waals surface area contributed by atoms with E-state index in [4.69, 9.17) is 0 Å². The Bertz CT molecular complexity index is 1220. The highest BCUT2D eigenvalue weighted by Crippen LogP contribution is 2.35. The highest BCUT2D eigenvalue weighted by atomic mass is 19.4. The van der Waals surface area contributed by atoms with Gasteiger partial charge in [-0.2, -0.15) is 26.3 Å². The van der Waals surface area contributed by atoms with Crippen LogP contribution in [0.3, 0.4) is 0 Å². The number of rotatable bonds is 2. The molecule has 0 fully saturated rings. The quantitative estimate of drug-likeness (QED) is 0.383. The van der Waals surface area contributed by atoms with Crippen LogP contribution >= 0.6 is 0 Å². The van der Waals surface area contributed by atoms with Crippen molar-refractivity contribution < 1.29 is 26.3 Å². The van der Waals surface area contributed by atoms with E-state index in [1.807, 2.05) is 0 Å². The van der Waals surface area contributed by atoms with Gasteiger partial charge in [-0.3, -0.25) is 9.38 Å². The zero-order valence-corrected chi connectivity index (χ0v) is 15.3. The number of alkyl halides is 6. The largest absolute Gasteiger partial charge is 0.431 e. The fourth-order valence-corrected chi connectivity index (χ4v) is 3.06. The van der Waals surface area contributed by atoms with Crippen molar-refractivity contribution in [3.8, 4) is 22.5 Å². The number of hydrogen-bond donors (Lipinski definition) is 0. The van der Waals surface area contributed by atoms with Gasteiger partial charge < -0.3 is 0 Å². The Hall–Kier alpha value is -3.43. The van der Waals surface area contributed by atoms with E-state index < -0.39 is 23.6 Å². The Kier molecular flexibility index (Phi) is 4.52. The van der Waals surface area contributed by atoms with Gasteiger partial charge in [0.05, 0.1) is 11.3 Å². The molecule has 1 aromatic carbocycles. The fourth-order valence-electron chi connectivity index (χ4n) is 3.06. The maximum absolute atomic E-state index is 13.7. The van der Waals surface area contributed by atoms with E-state index >= 15 is 0 Å². The van der Waals surface area contributed by atoms with Crippen molar-refractivity contribution in [3.05, 3.63) is 71.9 Å². The van der Waals surface area contributed by atoms with Gasteiger partial charge in [0.2, 0.25) is 0 Å². The Morgan fingerprint density at radius 3 is 2.10 bits per heavy atom. The number of aromatic nitrogens is 4. The number of halogens is 6. The van der Waals surface area contributed by atoms with Crippen molar-refractivity contribution in [1.82, 2.24) is 19.4 Å². The van der Waals surface area contributed by atoms with Gasteiger partial charge in [0.15, 0.2) is 5.65 Å². The van der Waals surface area contributed by atoms with Crippen molar-refractivity contribution in [2.24, 2.45) is 0 Å². The third-order valence-electron chi connectivity index (χ3n) is 4.47. The van der Waals surface area contributed by atoms with E-state index in [-0.39, 0.29) is 22.6 Å². The lowest BCUT2D eigenvalue weighted by atomic mass is 10.1. The molecule has 4 nitrogen and oxygen atoms in total. The maximum Gasteiger partial charge on any atom is 0.431 e. The third-order valence-corrected chi connectivity index (χ3v) is 4.47. The van der Waals surface area contributed by atoms with Crippen LogP contribution in [0.4, 0.5) is 26.3 Å². The lowest BCUT2D eigenvalue weighted by molar-refractivity contribution is -0.142. The first-order valence-electron chi connectivity index (χ1n) is 8.60. The smallest absolute Gasteiger partial charge is 0.278 e. The third kappa shape index (κ3) is 3.60. The molecule has 0 aliphatic carbocycles. The monoisotopic (exact) mass is 422 g/mol. The molecule has 0 unspecified atom stereocenters. The minimum absolute atomic E-state index is 0.0645. The van der Waals surface area contributed by atoms with Crippen LogP contribution in [0.5, 0.6) is 0 Å². The summed E-state index contributed by atoms with van der Waals surface area (Å²) in [6.07, 6.45) is -6.76. The number of fused-ring (bicyclic) bond motifs is 1. The van der Waals surface area contributed by atoms with Crippen molar-refractivity contribution >= 4 is 5.65 Å². The molecule has 0 radical (unpaired) electrons. The Labute approximate surface area is 165 Å². The molecule has 0 saturated heterocycles. The topological polar surface area (TPSA) is 43.1 Å². The minimum atomic E-state index is -4.73. The predicted octanol–water partition coefficient (Wildman–Crippen LogP) is 5.80. The van der Waals surface area contributed by atoms with Crippen molar-refractivity contribution in [2.45, 2.75) is 19.3 Å². The number of imidazole rings is 1. The normalized spacial score (nSPS) is 12.5. The SMILES string of the molecule is Cc1cc(-c2ncn3c(C(F)(F)F)cc(-c4ccc(C(F)(F)F)cc4)nc23)ccn1. The Morgan fingerprint density at radius 2 is 1.50 bits per heavy atom. The second-order valence-corrected chi connectivity index (χ2v) is 6.57. The van der Waals surface area contributed by atoms with Gasteiger partial charge in [-0.15, -0.1) is 0 Å². The zero-order chi connectivity index (χ0) is 21.7. The van der Waals surface area contributed by atoms with Crippen molar-refractivity contribution in [2.75, 3.05) is 0 Å². The fraction of sp³-hybridized carbons (Fsp3) is 0.150. The molecule has 0 N–H and O–H groups in total. The summed E-state index contributed by atoms with van der Waals surface area (Å²) in [4.78, 5) is 12.4. The molecule has 0 spiro atoms. The number of aryl methyl sites for hydroxylation is 1. The Balaban J connectivity index is 1.94. The van der Waals surface area contributed by atoms with Crippen LogP contribution < -0.4 is 0 Å². The zero-order valence-electron chi connectivity index (χ0n) is 15.3. The summed E-state index contributed by atoms with van der Waals surface area (Å²) >= 11 is 0. The highest BCUT2D eigenvalue weighted by molar-refractivity contribution is 5.76. The van der Waals surface area contributed by atoms with E-state index in [2.05, 4.69) is 15.0 Å². The van der Waals surface area contributed by atoms with Crippen LogP contribution in [0, 0.1) is 6.92 Å². The molecular formula is C20H12F6N4. The average Bonchev–Trinajstić information content (AvgIpc) is 3.10. The molecule has 0 saturated carbocycles. The maximum atomic E-state index is 13.7. The molecule has 30 heavy (non-hydrogen) atoms. The lowest BCUT2D eigenvalue weighted by Crippen LogP contribution is -2.12. The summed E-state index contributed by atoms with van der Waals surface area (Å²) in [7, 11) is 0. The predicted molar refractivity (Wildman–Crippen MR) is 96.4 cm³/mol. The Morgan fingerprint density at radius 1 is 0.800 bits per heavy atom. The van der Waals surface area contributed by atoms with Gasteiger partial charge in [-0.05, 0) is 37.3 Å². The second-order valence-electron chi connectivity index (χ2n) is 6.57. The molecule has 4 aromatic rings. The van der Waals surface area contributed by atoms with Gasteiger partial charge in [-0.1, -0.05) is 12.1 Å². The molecule has 0 aliphatic rings. The number of hydrogen-bond acceptors (Lipinski definition) is 3. The molecular weight excluding hydrogens is 410 g/mol. The molecule has 0 aliphatic heterocycles. The molecule has 10 heteroatoms. The average molecular weight is 422 g/mol. The molecule has 3 aromatic heterocycles. The molecule has 0 atom stereocenters. The minimum Gasteiger partial charge on any atom is -0.278 e. The molecule has 4 rings (SSSR count). The molecule has 0 amide bonds. The lowest BCUT2D eigenvalue weighted by Gasteiger charge is -2.13. The highest BCUT2D eigenvalue weighted by Gasteiger charge is 2.35. The van der Waals surface area contributed by atoms with Crippen LogP contribution in [0.1, 0.15) is 17.0 Å². The number of nitrogens with zero attached hydrogens (tertiary/aromatic N) is 4. The van der Waals surface area contributed by atoms with E-state index in [0.29, 0.717) is 11.3 Å². The van der Waals surface area contributed by atoms with Gasteiger partial charge in [0.25, 0.3) is 0 Å². The van der Waals surface area contributed by atoms with Gasteiger partial charge in [0, 0.05) is 23.0 Å². The van der Waals surface area contributed by atoms with Gasteiger partial charge >= 0.3 is 12.4 Å². The van der Waals surface area contributed by atoms with Crippen molar-refractivity contribution in [1.29, 1.82) is 0 Å². The van der Waals surface area contributed by atoms with Crippen molar-refractivity contribution in [3.63, 3.8) is 0 Å². The summed E-state index contributed by atoms with van der Waals surface area (Å²) in [5.41, 5.74) is -0.624. The summed E-state index contributed by atoms with van der Waals surface area (Å²) in [5, 5.41) is 0. The summed E-state index contributed by atoms with van der Waals surface area (Å²) < 4.78 is 80.2. The number of pyridine rings is 1. The van der Waals surface area contributed by atoms with Crippen LogP contribution in [0.2, 0.25) is 0 Å². The van der Waals surface area contributed by atoms with Crippen LogP contribution in [0.25, 0.3) is 28.2 Å². The first-order chi connectivity index (χ1) is 14.0. The second kappa shape index (κ2) is 6.82. The summed E-state index contributed by atoms with van der Waals surface area (Å²) in [5.74, 6) is 0. The van der Waals surface area contributed by atoms with Crippen LogP contribution in [-0.4, -0.2) is 19.4 Å². The number of benzene rings is 1. The first-order valence-corrected chi connectivity index (χ1v) is 8.60. The molecule has 3 heterocycles.